The second-order valence-corrected chi connectivity index (χ2v) is 5.53. The van der Waals surface area contributed by atoms with Crippen LogP contribution in [0.15, 0.2) is 18.2 Å². The molecule has 18 heavy (non-hydrogen) atoms. The zero-order valence-electron chi connectivity index (χ0n) is 11.4. The molecule has 0 aliphatic heterocycles. The van der Waals surface area contributed by atoms with E-state index in [0.29, 0.717) is 13.1 Å². The van der Waals surface area contributed by atoms with Gasteiger partial charge in [-0.05, 0) is 51.1 Å². The SMILES string of the molecule is Cc1cc(F)ccc1C(O)CN(C)CC(C)(C)O. The van der Waals surface area contributed by atoms with Gasteiger partial charge < -0.3 is 15.1 Å². The van der Waals surface area contributed by atoms with Gasteiger partial charge in [-0.25, -0.2) is 4.39 Å². The standard InChI is InChI=1S/C14H22FNO2/c1-10-7-11(15)5-6-12(10)13(17)8-16(4)9-14(2,3)18/h5-7,13,17-18H,8-9H2,1-4H3. The predicted molar refractivity (Wildman–Crippen MR) is 69.9 cm³/mol. The molecule has 1 rings (SSSR count). The first-order chi connectivity index (χ1) is 8.19. The van der Waals surface area contributed by atoms with Gasteiger partial charge in [0.1, 0.15) is 5.82 Å². The molecule has 1 atom stereocenters. The number of hydrogen-bond donors (Lipinski definition) is 2. The Labute approximate surface area is 108 Å². The molecule has 0 aliphatic carbocycles. The first-order valence-electron chi connectivity index (χ1n) is 6.04. The van der Waals surface area contributed by atoms with Crippen molar-refractivity contribution >= 4 is 0 Å². The number of likely N-dealkylation sites (N-methyl/N-ethyl adjacent to an activating group) is 1. The number of halogens is 1. The molecule has 0 spiro atoms. The van der Waals surface area contributed by atoms with E-state index in [-0.39, 0.29) is 5.82 Å². The van der Waals surface area contributed by atoms with Gasteiger partial charge in [-0.1, -0.05) is 6.07 Å². The fourth-order valence-corrected chi connectivity index (χ4v) is 2.13. The van der Waals surface area contributed by atoms with E-state index >= 15 is 0 Å². The summed E-state index contributed by atoms with van der Waals surface area (Å²) >= 11 is 0. The van der Waals surface area contributed by atoms with Gasteiger partial charge in [-0.15, -0.1) is 0 Å². The van der Waals surface area contributed by atoms with Crippen LogP contribution in [0, 0.1) is 12.7 Å². The minimum absolute atomic E-state index is 0.298. The molecule has 0 aromatic heterocycles. The Morgan fingerprint density at radius 1 is 1.39 bits per heavy atom. The van der Waals surface area contributed by atoms with E-state index in [0.717, 1.165) is 11.1 Å². The lowest BCUT2D eigenvalue weighted by Crippen LogP contribution is -2.38. The summed E-state index contributed by atoms with van der Waals surface area (Å²) in [6, 6.07) is 4.36. The van der Waals surface area contributed by atoms with E-state index < -0.39 is 11.7 Å². The van der Waals surface area contributed by atoms with Crippen LogP contribution in [0.1, 0.15) is 31.1 Å². The summed E-state index contributed by atoms with van der Waals surface area (Å²) < 4.78 is 13.0. The van der Waals surface area contributed by atoms with Crippen LogP contribution in [0.3, 0.4) is 0 Å². The fraction of sp³-hybridized carbons (Fsp3) is 0.571. The van der Waals surface area contributed by atoms with Gasteiger partial charge in [-0.3, -0.25) is 0 Å². The van der Waals surface area contributed by atoms with E-state index in [1.54, 1.807) is 26.8 Å². The number of aryl methyl sites for hydroxylation is 1. The van der Waals surface area contributed by atoms with Crippen molar-refractivity contribution in [2.75, 3.05) is 20.1 Å². The van der Waals surface area contributed by atoms with E-state index in [1.807, 2.05) is 11.9 Å². The van der Waals surface area contributed by atoms with Gasteiger partial charge >= 0.3 is 0 Å². The molecule has 0 fully saturated rings. The third-order valence-electron chi connectivity index (χ3n) is 2.73. The monoisotopic (exact) mass is 255 g/mol. The molecule has 0 radical (unpaired) electrons. The highest BCUT2D eigenvalue weighted by molar-refractivity contribution is 5.28. The molecule has 3 nitrogen and oxygen atoms in total. The van der Waals surface area contributed by atoms with E-state index in [2.05, 4.69) is 0 Å². The van der Waals surface area contributed by atoms with Crippen molar-refractivity contribution in [1.29, 1.82) is 0 Å². The number of rotatable bonds is 5. The average Bonchev–Trinajstić information content (AvgIpc) is 2.13. The molecule has 0 heterocycles. The molecular weight excluding hydrogens is 233 g/mol. The van der Waals surface area contributed by atoms with Crippen molar-refractivity contribution in [3.05, 3.63) is 35.1 Å². The highest BCUT2D eigenvalue weighted by Crippen LogP contribution is 2.19. The summed E-state index contributed by atoms with van der Waals surface area (Å²) in [6.45, 7) is 6.08. The molecule has 102 valence electrons. The minimum Gasteiger partial charge on any atom is -0.389 e. The number of nitrogens with zero attached hydrogens (tertiary/aromatic N) is 1. The van der Waals surface area contributed by atoms with Gasteiger partial charge in [0.05, 0.1) is 11.7 Å². The topological polar surface area (TPSA) is 43.7 Å². The summed E-state index contributed by atoms with van der Waals surface area (Å²) in [6.07, 6.45) is -0.682. The molecule has 0 saturated heterocycles. The lowest BCUT2D eigenvalue weighted by Gasteiger charge is -2.27. The van der Waals surface area contributed by atoms with Gasteiger partial charge in [0, 0.05) is 13.1 Å². The minimum atomic E-state index is -0.799. The predicted octanol–water partition coefficient (Wildman–Crippen LogP) is 1.87. The average molecular weight is 255 g/mol. The molecule has 0 aliphatic rings. The lowest BCUT2D eigenvalue weighted by atomic mass is 10.0. The van der Waals surface area contributed by atoms with Crippen molar-refractivity contribution in [3.63, 3.8) is 0 Å². The Morgan fingerprint density at radius 2 is 2.00 bits per heavy atom. The number of benzene rings is 1. The zero-order valence-corrected chi connectivity index (χ0v) is 11.4. The van der Waals surface area contributed by atoms with Crippen LogP contribution in [0.5, 0.6) is 0 Å². The Kier molecular flexibility index (Phi) is 4.85. The third-order valence-corrected chi connectivity index (χ3v) is 2.73. The van der Waals surface area contributed by atoms with E-state index in [4.69, 9.17) is 0 Å². The molecule has 1 unspecified atom stereocenters. The van der Waals surface area contributed by atoms with Crippen LogP contribution in [-0.2, 0) is 0 Å². The molecule has 4 heteroatoms. The fourth-order valence-electron chi connectivity index (χ4n) is 2.13. The Morgan fingerprint density at radius 3 is 2.50 bits per heavy atom. The molecule has 1 aromatic carbocycles. The van der Waals surface area contributed by atoms with Crippen molar-refractivity contribution in [1.82, 2.24) is 4.90 Å². The largest absolute Gasteiger partial charge is 0.389 e. The van der Waals surface area contributed by atoms with Crippen LogP contribution >= 0.6 is 0 Å². The molecule has 0 amide bonds. The Hall–Kier alpha value is -0.970. The van der Waals surface area contributed by atoms with Crippen LogP contribution in [-0.4, -0.2) is 40.9 Å². The molecular formula is C14H22FNO2. The normalized spacial score (nSPS) is 14.0. The Balaban J connectivity index is 2.67. The summed E-state index contributed by atoms with van der Waals surface area (Å²) in [5, 5.41) is 19.8. The lowest BCUT2D eigenvalue weighted by molar-refractivity contribution is 0.0283. The quantitative estimate of drug-likeness (QED) is 0.844. The van der Waals surface area contributed by atoms with Gasteiger partial charge in [0.15, 0.2) is 0 Å². The second kappa shape index (κ2) is 5.78. The first-order valence-corrected chi connectivity index (χ1v) is 6.04. The van der Waals surface area contributed by atoms with Crippen molar-refractivity contribution in [3.8, 4) is 0 Å². The highest BCUT2D eigenvalue weighted by Gasteiger charge is 2.19. The summed E-state index contributed by atoms with van der Waals surface area (Å²) in [5.41, 5.74) is 0.657. The molecule has 1 aromatic rings. The van der Waals surface area contributed by atoms with E-state index in [1.165, 1.54) is 12.1 Å². The summed E-state index contributed by atoms with van der Waals surface area (Å²) in [5.74, 6) is -0.298. The number of aliphatic hydroxyl groups excluding tert-OH is 1. The van der Waals surface area contributed by atoms with Crippen molar-refractivity contribution in [2.24, 2.45) is 0 Å². The smallest absolute Gasteiger partial charge is 0.123 e. The maximum atomic E-state index is 13.0. The number of hydrogen-bond acceptors (Lipinski definition) is 3. The maximum Gasteiger partial charge on any atom is 0.123 e. The van der Waals surface area contributed by atoms with E-state index in [9.17, 15) is 14.6 Å². The van der Waals surface area contributed by atoms with Crippen LogP contribution in [0.4, 0.5) is 4.39 Å². The Bertz CT molecular complexity index is 401. The second-order valence-electron chi connectivity index (χ2n) is 5.53. The molecule has 0 saturated carbocycles. The van der Waals surface area contributed by atoms with Crippen LogP contribution in [0.25, 0.3) is 0 Å². The first kappa shape index (κ1) is 15.1. The van der Waals surface area contributed by atoms with Crippen LogP contribution < -0.4 is 0 Å². The molecule has 2 N–H and O–H groups in total. The summed E-state index contributed by atoms with van der Waals surface area (Å²) in [4.78, 5) is 1.85. The maximum absolute atomic E-state index is 13.0. The van der Waals surface area contributed by atoms with Crippen molar-refractivity contribution in [2.45, 2.75) is 32.5 Å². The highest BCUT2D eigenvalue weighted by atomic mass is 19.1. The van der Waals surface area contributed by atoms with Crippen molar-refractivity contribution < 1.29 is 14.6 Å². The number of aliphatic hydroxyl groups is 2. The van der Waals surface area contributed by atoms with Gasteiger partial charge in [0.25, 0.3) is 0 Å². The van der Waals surface area contributed by atoms with Crippen LogP contribution in [0.2, 0.25) is 0 Å². The summed E-state index contributed by atoms with van der Waals surface area (Å²) in [7, 11) is 1.83. The van der Waals surface area contributed by atoms with Gasteiger partial charge in [-0.2, -0.15) is 0 Å². The molecule has 0 bridgehead atoms. The zero-order chi connectivity index (χ0) is 13.9. The van der Waals surface area contributed by atoms with Gasteiger partial charge in [0.2, 0.25) is 0 Å². The third kappa shape index (κ3) is 4.72.